The first-order valence-corrected chi connectivity index (χ1v) is 7.46. The molecule has 1 atom stereocenters. The van der Waals surface area contributed by atoms with Gasteiger partial charge in [0.05, 0.1) is 10.9 Å². The number of hydrogen-bond acceptors (Lipinski definition) is 1. The zero-order chi connectivity index (χ0) is 15.1. The van der Waals surface area contributed by atoms with E-state index in [0.717, 1.165) is 17.9 Å². The second-order valence-electron chi connectivity index (χ2n) is 6.42. The Balaban J connectivity index is 2.61. The Bertz CT molecular complexity index is 614. The van der Waals surface area contributed by atoms with Crippen molar-refractivity contribution in [3.8, 4) is 0 Å². The van der Waals surface area contributed by atoms with Crippen LogP contribution < -0.4 is 0 Å². The molecule has 0 fully saturated rings. The molecular weight excluding hydrogens is 275 g/mol. The minimum Gasteiger partial charge on any atom is -0.326 e. The van der Waals surface area contributed by atoms with Gasteiger partial charge in [0.1, 0.15) is 11.3 Å². The van der Waals surface area contributed by atoms with Gasteiger partial charge in [-0.3, -0.25) is 0 Å². The van der Waals surface area contributed by atoms with Crippen molar-refractivity contribution in [3.05, 3.63) is 29.8 Å². The van der Waals surface area contributed by atoms with Gasteiger partial charge in [0.2, 0.25) is 0 Å². The molecule has 0 radical (unpaired) electrons. The zero-order valence-corrected chi connectivity index (χ0v) is 13.5. The molecule has 0 spiro atoms. The molecule has 0 N–H and O–H groups in total. The lowest BCUT2D eigenvalue weighted by Crippen LogP contribution is -2.26. The summed E-state index contributed by atoms with van der Waals surface area (Å²) >= 11 is 6.23. The fourth-order valence-corrected chi connectivity index (χ4v) is 2.36. The van der Waals surface area contributed by atoms with Crippen LogP contribution in [0, 0.1) is 17.2 Å². The Morgan fingerprint density at radius 2 is 1.95 bits per heavy atom. The average molecular weight is 297 g/mol. The third-order valence-corrected chi connectivity index (χ3v) is 4.44. The number of rotatable bonds is 4. The van der Waals surface area contributed by atoms with Crippen LogP contribution in [0.15, 0.2) is 18.2 Å². The second kappa shape index (κ2) is 5.36. The normalized spacial score (nSPS) is 14.2. The molecule has 1 unspecified atom stereocenters. The van der Waals surface area contributed by atoms with Gasteiger partial charge in [-0.2, -0.15) is 0 Å². The van der Waals surface area contributed by atoms with Crippen LogP contribution in [0.3, 0.4) is 0 Å². The molecule has 0 aliphatic carbocycles. The summed E-state index contributed by atoms with van der Waals surface area (Å²) in [5.41, 5.74) is 1.32. The van der Waals surface area contributed by atoms with Crippen molar-refractivity contribution in [2.75, 3.05) is 0 Å². The highest BCUT2D eigenvalue weighted by Gasteiger charge is 2.26. The van der Waals surface area contributed by atoms with Crippen molar-refractivity contribution in [2.24, 2.45) is 11.3 Å². The monoisotopic (exact) mass is 296 g/mol. The lowest BCUT2D eigenvalue weighted by atomic mass is 9.81. The fourth-order valence-electron chi connectivity index (χ4n) is 2.19. The van der Waals surface area contributed by atoms with E-state index in [2.05, 4.69) is 37.2 Å². The first kappa shape index (κ1) is 15.3. The second-order valence-corrected chi connectivity index (χ2v) is 7.08. The van der Waals surface area contributed by atoms with Crippen LogP contribution in [0.1, 0.15) is 45.8 Å². The molecule has 1 aromatic heterocycles. The number of imidazole rings is 1. The van der Waals surface area contributed by atoms with Crippen LogP contribution in [0.2, 0.25) is 0 Å². The summed E-state index contributed by atoms with van der Waals surface area (Å²) in [7, 11) is 0. The summed E-state index contributed by atoms with van der Waals surface area (Å²) in [6, 6.07) is 5.07. The maximum Gasteiger partial charge on any atom is 0.151 e. The topological polar surface area (TPSA) is 17.8 Å². The van der Waals surface area contributed by atoms with Crippen molar-refractivity contribution in [2.45, 2.75) is 46.5 Å². The van der Waals surface area contributed by atoms with E-state index in [-0.39, 0.29) is 16.6 Å². The van der Waals surface area contributed by atoms with E-state index >= 15 is 0 Å². The molecule has 110 valence electrons. The predicted molar refractivity (Wildman–Crippen MR) is 82.6 cm³/mol. The summed E-state index contributed by atoms with van der Waals surface area (Å²) in [5.74, 6) is 0.953. The van der Waals surface area contributed by atoms with Crippen molar-refractivity contribution in [3.63, 3.8) is 0 Å². The van der Waals surface area contributed by atoms with E-state index in [4.69, 9.17) is 11.6 Å². The molecule has 1 heterocycles. The lowest BCUT2D eigenvalue weighted by Gasteiger charge is -2.31. The van der Waals surface area contributed by atoms with Crippen molar-refractivity contribution >= 4 is 22.6 Å². The molecule has 0 aliphatic heterocycles. The molecule has 1 aromatic carbocycles. The smallest absolute Gasteiger partial charge is 0.151 e. The van der Waals surface area contributed by atoms with Gasteiger partial charge < -0.3 is 4.57 Å². The van der Waals surface area contributed by atoms with Gasteiger partial charge in [0.15, 0.2) is 5.82 Å². The predicted octanol–water partition coefficient (Wildman–Crippen LogP) is 5.16. The average Bonchev–Trinajstić information content (AvgIpc) is 2.69. The lowest BCUT2D eigenvalue weighted by molar-refractivity contribution is 0.210. The Morgan fingerprint density at radius 3 is 2.50 bits per heavy atom. The number of fused-ring (bicyclic) bond motifs is 1. The molecule has 2 rings (SSSR count). The standard InChI is InChI=1S/C16H22ClFN2/c1-10(2)16(4,5)9-20-13-8-6-7-12(18)14(13)19-15(20)11(3)17/h6-8,10-11H,9H2,1-5H3. The van der Waals surface area contributed by atoms with Gasteiger partial charge in [0, 0.05) is 6.54 Å². The fraction of sp³-hybridized carbons (Fsp3) is 0.562. The van der Waals surface area contributed by atoms with Gasteiger partial charge in [-0.15, -0.1) is 11.6 Å². The Labute approximate surface area is 125 Å². The minimum atomic E-state index is -0.290. The molecule has 2 aromatic rings. The molecule has 0 saturated carbocycles. The highest BCUT2D eigenvalue weighted by atomic mass is 35.5. The maximum atomic E-state index is 13.9. The highest BCUT2D eigenvalue weighted by molar-refractivity contribution is 6.20. The maximum absolute atomic E-state index is 13.9. The number of halogens is 2. The molecular formula is C16H22ClFN2. The number of nitrogens with zero attached hydrogens (tertiary/aromatic N) is 2. The van der Waals surface area contributed by atoms with Gasteiger partial charge in [-0.1, -0.05) is 33.8 Å². The van der Waals surface area contributed by atoms with Gasteiger partial charge in [0.25, 0.3) is 0 Å². The molecule has 0 aliphatic rings. The SMILES string of the molecule is CC(Cl)c1nc2c(F)cccc2n1CC(C)(C)C(C)C. The zero-order valence-electron chi connectivity index (χ0n) is 12.7. The van der Waals surface area contributed by atoms with Crippen LogP contribution in [0.25, 0.3) is 11.0 Å². The van der Waals surface area contributed by atoms with E-state index in [1.807, 2.05) is 13.0 Å². The number of aromatic nitrogens is 2. The minimum absolute atomic E-state index is 0.0838. The molecule has 0 saturated heterocycles. The third-order valence-electron chi connectivity index (χ3n) is 4.24. The highest BCUT2D eigenvalue weighted by Crippen LogP contribution is 2.33. The molecule has 2 nitrogen and oxygen atoms in total. The van der Waals surface area contributed by atoms with E-state index in [0.29, 0.717) is 11.4 Å². The summed E-state index contributed by atoms with van der Waals surface area (Å²) in [6.45, 7) is 11.5. The van der Waals surface area contributed by atoms with Gasteiger partial charge >= 0.3 is 0 Å². The van der Waals surface area contributed by atoms with E-state index < -0.39 is 0 Å². The number of para-hydroxylation sites is 1. The number of benzene rings is 1. The molecule has 0 bridgehead atoms. The van der Waals surface area contributed by atoms with Crippen molar-refractivity contribution in [1.82, 2.24) is 9.55 Å². The molecule has 0 amide bonds. The van der Waals surface area contributed by atoms with Crippen LogP contribution >= 0.6 is 11.6 Å². The summed E-state index contributed by atoms with van der Waals surface area (Å²) in [6.07, 6.45) is 0. The largest absolute Gasteiger partial charge is 0.326 e. The number of alkyl halides is 1. The Morgan fingerprint density at radius 1 is 1.30 bits per heavy atom. The van der Waals surface area contributed by atoms with E-state index in [1.54, 1.807) is 6.07 Å². The molecule has 20 heavy (non-hydrogen) atoms. The first-order chi connectivity index (χ1) is 9.24. The van der Waals surface area contributed by atoms with Crippen molar-refractivity contribution < 1.29 is 4.39 Å². The van der Waals surface area contributed by atoms with Gasteiger partial charge in [-0.05, 0) is 30.4 Å². The quantitative estimate of drug-likeness (QED) is 0.713. The van der Waals surface area contributed by atoms with E-state index in [9.17, 15) is 4.39 Å². The third kappa shape index (κ3) is 2.69. The Kier molecular flexibility index (Phi) is 4.10. The first-order valence-electron chi connectivity index (χ1n) is 7.02. The van der Waals surface area contributed by atoms with E-state index in [1.165, 1.54) is 6.07 Å². The summed E-state index contributed by atoms with van der Waals surface area (Å²) < 4.78 is 16.0. The van der Waals surface area contributed by atoms with Gasteiger partial charge in [-0.25, -0.2) is 9.37 Å². The summed E-state index contributed by atoms with van der Waals surface area (Å²) in [4.78, 5) is 4.41. The number of hydrogen-bond donors (Lipinski definition) is 0. The summed E-state index contributed by atoms with van der Waals surface area (Å²) in [5, 5.41) is -0.246. The van der Waals surface area contributed by atoms with Crippen LogP contribution in [0.5, 0.6) is 0 Å². The molecule has 4 heteroatoms. The van der Waals surface area contributed by atoms with Crippen LogP contribution in [-0.4, -0.2) is 9.55 Å². The van der Waals surface area contributed by atoms with Crippen LogP contribution in [0.4, 0.5) is 4.39 Å². The van der Waals surface area contributed by atoms with Crippen molar-refractivity contribution in [1.29, 1.82) is 0 Å². The Hall–Kier alpha value is -1.09. The van der Waals surface area contributed by atoms with Crippen LogP contribution in [-0.2, 0) is 6.54 Å².